The van der Waals surface area contributed by atoms with Crippen molar-refractivity contribution in [3.8, 4) is 5.75 Å². The zero-order valence-corrected chi connectivity index (χ0v) is 15.2. The van der Waals surface area contributed by atoms with Crippen LogP contribution in [0.4, 0.5) is 5.69 Å². The second-order valence-electron chi connectivity index (χ2n) is 6.21. The second-order valence-corrected chi connectivity index (χ2v) is 6.21. The number of carbonyl (C=O) groups is 3. The number of nitrogens with one attached hydrogen (secondary N) is 2. The highest BCUT2D eigenvalue weighted by Crippen LogP contribution is 2.34. The predicted octanol–water partition coefficient (Wildman–Crippen LogP) is 1.48. The molecule has 7 heteroatoms. The lowest BCUT2D eigenvalue weighted by atomic mass is 10.1. The second kappa shape index (κ2) is 7.90. The van der Waals surface area contributed by atoms with Gasteiger partial charge in [-0.3, -0.25) is 14.4 Å². The third-order valence-electron chi connectivity index (χ3n) is 4.30. The maximum Gasteiger partial charge on any atom is 0.262 e. The van der Waals surface area contributed by atoms with Crippen LogP contribution in [0, 0.1) is 0 Å². The fourth-order valence-electron chi connectivity index (χ4n) is 2.87. The molecule has 1 aliphatic heterocycles. The number of ether oxygens (including phenoxy) is 1. The number of fused-ring (bicyclic) bond motifs is 1. The highest BCUT2D eigenvalue weighted by molar-refractivity contribution is 6.07. The molecule has 140 valence electrons. The molecule has 0 saturated carbocycles. The highest BCUT2D eigenvalue weighted by atomic mass is 16.5. The Labute approximate surface area is 157 Å². The summed E-state index contributed by atoms with van der Waals surface area (Å²) in [6.07, 6.45) is -0.770. The standard InChI is InChI=1S/C20H21N3O4/c1-13(24)22-11-14-7-9-15(10-8-14)20(26)23-12-18(19(25)21-2)27-17-6-4-3-5-16(17)23/h3-10,18H,11-12H2,1-2H3,(H,21,25)(H,22,24). The van der Waals surface area contributed by atoms with Crippen LogP contribution in [-0.2, 0) is 16.1 Å². The van der Waals surface area contributed by atoms with Crippen LogP contribution in [0.1, 0.15) is 22.8 Å². The van der Waals surface area contributed by atoms with Gasteiger partial charge in [-0.1, -0.05) is 24.3 Å². The molecule has 7 nitrogen and oxygen atoms in total. The molecule has 1 aliphatic rings. The first-order valence-corrected chi connectivity index (χ1v) is 8.62. The van der Waals surface area contributed by atoms with E-state index in [-0.39, 0.29) is 24.3 Å². The smallest absolute Gasteiger partial charge is 0.262 e. The number of benzene rings is 2. The van der Waals surface area contributed by atoms with Gasteiger partial charge in [-0.15, -0.1) is 0 Å². The minimum atomic E-state index is -0.770. The van der Waals surface area contributed by atoms with Gasteiger partial charge in [-0.25, -0.2) is 0 Å². The van der Waals surface area contributed by atoms with E-state index in [9.17, 15) is 14.4 Å². The van der Waals surface area contributed by atoms with Crippen molar-refractivity contribution >= 4 is 23.4 Å². The Morgan fingerprint density at radius 2 is 1.81 bits per heavy atom. The van der Waals surface area contributed by atoms with E-state index in [0.717, 1.165) is 5.56 Å². The molecule has 0 aromatic heterocycles. The first-order chi connectivity index (χ1) is 13.0. The van der Waals surface area contributed by atoms with E-state index in [4.69, 9.17) is 4.74 Å². The molecular weight excluding hydrogens is 346 g/mol. The molecule has 1 atom stereocenters. The molecule has 0 fully saturated rings. The zero-order chi connectivity index (χ0) is 19.4. The molecule has 27 heavy (non-hydrogen) atoms. The van der Waals surface area contributed by atoms with E-state index < -0.39 is 6.10 Å². The number of likely N-dealkylation sites (N-methyl/N-ethyl adjacent to an activating group) is 1. The lowest BCUT2D eigenvalue weighted by Crippen LogP contribution is -2.50. The summed E-state index contributed by atoms with van der Waals surface area (Å²) >= 11 is 0. The largest absolute Gasteiger partial charge is 0.477 e. The van der Waals surface area contributed by atoms with Crippen LogP contribution in [-0.4, -0.2) is 37.4 Å². The molecule has 0 bridgehead atoms. The fourth-order valence-corrected chi connectivity index (χ4v) is 2.87. The normalized spacial score (nSPS) is 15.3. The molecule has 2 N–H and O–H groups in total. The molecule has 3 rings (SSSR count). The average molecular weight is 367 g/mol. The molecule has 0 spiro atoms. The Morgan fingerprint density at radius 1 is 1.11 bits per heavy atom. The zero-order valence-electron chi connectivity index (χ0n) is 15.2. The van der Waals surface area contributed by atoms with Crippen LogP contribution in [0.5, 0.6) is 5.75 Å². The van der Waals surface area contributed by atoms with Crippen molar-refractivity contribution in [1.82, 2.24) is 10.6 Å². The summed E-state index contributed by atoms with van der Waals surface area (Å²) in [5, 5.41) is 5.28. The van der Waals surface area contributed by atoms with Crippen molar-refractivity contribution in [3.63, 3.8) is 0 Å². The van der Waals surface area contributed by atoms with Crippen LogP contribution in [0.3, 0.4) is 0 Å². The monoisotopic (exact) mass is 367 g/mol. The number of amides is 3. The van der Waals surface area contributed by atoms with Crippen LogP contribution < -0.4 is 20.3 Å². The molecule has 3 amide bonds. The Balaban J connectivity index is 1.84. The number of para-hydroxylation sites is 2. The number of nitrogens with zero attached hydrogens (tertiary/aromatic N) is 1. The van der Waals surface area contributed by atoms with Crippen molar-refractivity contribution < 1.29 is 19.1 Å². The van der Waals surface area contributed by atoms with Crippen LogP contribution >= 0.6 is 0 Å². The minimum Gasteiger partial charge on any atom is -0.477 e. The van der Waals surface area contributed by atoms with Crippen LogP contribution in [0.15, 0.2) is 48.5 Å². The fraction of sp³-hybridized carbons (Fsp3) is 0.250. The lowest BCUT2D eigenvalue weighted by Gasteiger charge is -2.34. The van der Waals surface area contributed by atoms with Gasteiger partial charge in [0.25, 0.3) is 11.8 Å². The number of hydrogen-bond acceptors (Lipinski definition) is 4. The number of carbonyl (C=O) groups excluding carboxylic acids is 3. The maximum absolute atomic E-state index is 13.1. The Bertz CT molecular complexity index is 864. The van der Waals surface area contributed by atoms with Gasteiger partial charge < -0.3 is 20.3 Å². The van der Waals surface area contributed by atoms with Crippen molar-refractivity contribution in [1.29, 1.82) is 0 Å². The van der Waals surface area contributed by atoms with E-state index in [0.29, 0.717) is 23.5 Å². The molecule has 0 radical (unpaired) electrons. The van der Waals surface area contributed by atoms with E-state index in [1.165, 1.54) is 14.0 Å². The minimum absolute atomic E-state index is 0.111. The topological polar surface area (TPSA) is 87.7 Å². The van der Waals surface area contributed by atoms with Gasteiger partial charge in [-0.05, 0) is 29.8 Å². The van der Waals surface area contributed by atoms with Crippen LogP contribution in [0.25, 0.3) is 0 Å². The molecular formula is C20H21N3O4. The average Bonchev–Trinajstić information content (AvgIpc) is 2.70. The Hall–Kier alpha value is -3.35. The van der Waals surface area contributed by atoms with E-state index in [2.05, 4.69) is 10.6 Å². The van der Waals surface area contributed by atoms with Crippen molar-refractivity contribution in [2.45, 2.75) is 19.6 Å². The molecule has 2 aromatic rings. The molecule has 0 aliphatic carbocycles. The lowest BCUT2D eigenvalue weighted by molar-refractivity contribution is -0.127. The molecule has 2 aromatic carbocycles. The summed E-state index contributed by atoms with van der Waals surface area (Å²) in [5.74, 6) is -0.119. The van der Waals surface area contributed by atoms with Gasteiger partial charge in [0.05, 0.1) is 12.2 Å². The summed E-state index contributed by atoms with van der Waals surface area (Å²) in [5.41, 5.74) is 2.02. The van der Waals surface area contributed by atoms with E-state index >= 15 is 0 Å². The van der Waals surface area contributed by atoms with Gasteiger partial charge in [0.1, 0.15) is 5.75 Å². The van der Waals surface area contributed by atoms with E-state index in [1.54, 1.807) is 47.4 Å². The SMILES string of the molecule is CNC(=O)C1CN(C(=O)c2ccc(CNC(C)=O)cc2)c2ccccc2O1. The van der Waals surface area contributed by atoms with Crippen molar-refractivity contribution in [2.75, 3.05) is 18.5 Å². The Morgan fingerprint density at radius 3 is 2.48 bits per heavy atom. The number of rotatable bonds is 4. The van der Waals surface area contributed by atoms with Crippen molar-refractivity contribution in [3.05, 3.63) is 59.7 Å². The number of hydrogen-bond donors (Lipinski definition) is 2. The maximum atomic E-state index is 13.1. The third-order valence-corrected chi connectivity index (χ3v) is 4.30. The first kappa shape index (κ1) is 18.4. The quantitative estimate of drug-likeness (QED) is 0.857. The summed E-state index contributed by atoms with van der Waals surface area (Å²) < 4.78 is 5.73. The summed E-state index contributed by atoms with van der Waals surface area (Å²) in [7, 11) is 1.53. The third kappa shape index (κ3) is 4.08. The molecule has 1 unspecified atom stereocenters. The Kier molecular flexibility index (Phi) is 5.40. The molecule has 0 saturated heterocycles. The highest BCUT2D eigenvalue weighted by Gasteiger charge is 2.33. The van der Waals surface area contributed by atoms with Gasteiger partial charge in [0.2, 0.25) is 5.91 Å². The molecule has 1 heterocycles. The van der Waals surface area contributed by atoms with Gasteiger partial charge in [0.15, 0.2) is 6.10 Å². The van der Waals surface area contributed by atoms with Gasteiger partial charge in [-0.2, -0.15) is 0 Å². The summed E-state index contributed by atoms with van der Waals surface area (Å²) in [6.45, 7) is 1.99. The summed E-state index contributed by atoms with van der Waals surface area (Å²) in [4.78, 5) is 37.7. The summed E-state index contributed by atoms with van der Waals surface area (Å²) in [6, 6.07) is 14.2. The predicted molar refractivity (Wildman–Crippen MR) is 101 cm³/mol. The van der Waals surface area contributed by atoms with Gasteiger partial charge >= 0.3 is 0 Å². The van der Waals surface area contributed by atoms with Crippen molar-refractivity contribution in [2.24, 2.45) is 0 Å². The number of anilines is 1. The van der Waals surface area contributed by atoms with E-state index in [1.807, 2.05) is 6.07 Å². The van der Waals surface area contributed by atoms with Crippen LogP contribution in [0.2, 0.25) is 0 Å². The van der Waals surface area contributed by atoms with Gasteiger partial charge in [0, 0.05) is 26.1 Å². The first-order valence-electron chi connectivity index (χ1n) is 8.62.